The molecule has 7 nitrogen and oxygen atoms in total. The van der Waals surface area contributed by atoms with E-state index >= 15 is 0 Å². The summed E-state index contributed by atoms with van der Waals surface area (Å²) in [6.07, 6.45) is 6.43. The number of sulfonamides is 1. The molecule has 0 unspecified atom stereocenters. The van der Waals surface area contributed by atoms with Gasteiger partial charge in [0, 0.05) is 44.6 Å². The molecular weight excluding hydrogens is 302 g/mol. The summed E-state index contributed by atoms with van der Waals surface area (Å²) in [5, 5.41) is 0. The van der Waals surface area contributed by atoms with Gasteiger partial charge in [0.1, 0.15) is 11.5 Å². The predicted molar refractivity (Wildman–Crippen MR) is 84.8 cm³/mol. The molecule has 0 aliphatic heterocycles. The maximum absolute atomic E-state index is 11.4. The average molecular weight is 323 g/mol. The topological polar surface area (TPSA) is 81.0 Å². The van der Waals surface area contributed by atoms with Crippen LogP contribution in [-0.4, -0.2) is 52.1 Å². The zero-order valence-corrected chi connectivity index (χ0v) is 14.1. The molecule has 0 fully saturated rings. The highest BCUT2D eigenvalue weighted by Gasteiger charge is 2.13. The Morgan fingerprint density at radius 3 is 2.64 bits per heavy atom. The number of aromatic nitrogens is 4. The Kier molecular flexibility index (Phi) is 4.92. The van der Waals surface area contributed by atoms with Gasteiger partial charge >= 0.3 is 0 Å². The van der Waals surface area contributed by atoms with Crippen molar-refractivity contribution in [3.8, 4) is 11.5 Å². The first-order valence-electron chi connectivity index (χ1n) is 7.05. The van der Waals surface area contributed by atoms with E-state index in [1.54, 1.807) is 19.4 Å². The summed E-state index contributed by atoms with van der Waals surface area (Å²) in [6, 6.07) is 1.81. The van der Waals surface area contributed by atoms with Crippen molar-refractivity contribution in [1.29, 1.82) is 0 Å². The van der Waals surface area contributed by atoms with Crippen LogP contribution in [0.3, 0.4) is 0 Å². The normalized spacial score (nSPS) is 12.3. The fourth-order valence-corrected chi connectivity index (χ4v) is 2.33. The second kappa shape index (κ2) is 6.53. The molecule has 2 aromatic rings. The SMILES string of the molecule is CC(C)c1nccc(-c2nccn2CCN(C)S(C)(=O)=O)n1. The van der Waals surface area contributed by atoms with Crippen molar-refractivity contribution < 1.29 is 8.42 Å². The lowest BCUT2D eigenvalue weighted by Gasteiger charge is -2.15. The second-order valence-corrected chi connectivity index (χ2v) is 7.57. The Hall–Kier alpha value is -1.80. The fourth-order valence-electron chi connectivity index (χ4n) is 1.91. The largest absolute Gasteiger partial charge is 0.328 e. The van der Waals surface area contributed by atoms with Crippen LogP contribution in [0.1, 0.15) is 25.6 Å². The van der Waals surface area contributed by atoms with Gasteiger partial charge in [0.05, 0.1) is 6.26 Å². The van der Waals surface area contributed by atoms with Gasteiger partial charge < -0.3 is 4.57 Å². The van der Waals surface area contributed by atoms with E-state index in [4.69, 9.17) is 0 Å². The molecule has 2 heterocycles. The Morgan fingerprint density at radius 2 is 2.00 bits per heavy atom. The molecule has 22 heavy (non-hydrogen) atoms. The van der Waals surface area contributed by atoms with Crippen LogP contribution in [0.4, 0.5) is 0 Å². The van der Waals surface area contributed by atoms with Gasteiger partial charge in [0.15, 0.2) is 5.82 Å². The Bertz CT molecular complexity index is 739. The average Bonchev–Trinajstić information content (AvgIpc) is 2.92. The van der Waals surface area contributed by atoms with Crippen molar-refractivity contribution in [3.05, 3.63) is 30.5 Å². The number of imidazole rings is 1. The first-order chi connectivity index (χ1) is 10.3. The van der Waals surface area contributed by atoms with Gasteiger partial charge in [0.2, 0.25) is 10.0 Å². The summed E-state index contributed by atoms with van der Waals surface area (Å²) in [5.41, 5.74) is 0.741. The molecule has 0 amide bonds. The minimum absolute atomic E-state index is 0.236. The molecule has 2 aromatic heterocycles. The molecule has 0 aliphatic rings. The van der Waals surface area contributed by atoms with Crippen molar-refractivity contribution in [2.24, 2.45) is 0 Å². The van der Waals surface area contributed by atoms with Crippen molar-refractivity contribution in [2.45, 2.75) is 26.3 Å². The molecular formula is C14H21N5O2S. The minimum Gasteiger partial charge on any atom is -0.328 e. The van der Waals surface area contributed by atoms with Crippen molar-refractivity contribution in [2.75, 3.05) is 19.8 Å². The Morgan fingerprint density at radius 1 is 1.27 bits per heavy atom. The Balaban J connectivity index is 2.21. The van der Waals surface area contributed by atoms with Crippen molar-refractivity contribution >= 4 is 10.0 Å². The van der Waals surface area contributed by atoms with Gasteiger partial charge in [-0.3, -0.25) is 0 Å². The van der Waals surface area contributed by atoms with Crippen LogP contribution < -0.4 is 0 Å². The monoisotopic (exact) mass is 323 g/mol. The molecule has 2 rings (SSSR count). The molecule has 0 atom stereocenters. The number of nitrogens with zero attached hydrogens (tertiary/aromatic N) is 5. The van der Waals surface area contributed by atoms with E-state index in [1.165, 1.54) is 10.6 Å². The summed E-state index contributed by atoms with van der Waals surface area (Å²) in [4.78, 5) is 13.1. The fraction of sp³-hybridized carbons (Fsp3) is 0.500. The molecule has 0 saturated carbocycles. The first-order valence-corrected chi connectivity index (χ1v) is 8.89. The molecule has 0 aliphatic carbocycles. The van der Waals surface area contributed by atoms with Crippen molar-refractivity contribution in [3.63, 3.8) is 0 Å². The highest BCUT2D eigenvalue weighted by atomic mass is 32.2. The van der Waals surface area contributed by atoms with Crippen LogP contribution in [0.2, 0.25) is 0 Å². The lowest BCUT2D eigenvalue weighted by atomic mass is 10.2. The number of likely N-dealkylation sites (N-methyl/N-ethyl adjacent to an activating group) is 1. The van der Waals surface area contributed by atoms with E-state index in [0.29, 0.717) is 18.9 Å². The molecule has 0 saturated heterocycles. The van der Waals surface area contributed by atoms with Gasteiger partial charge in [0.25, 0.3) is 0 Å². The molecule has 0 N–H and O–H groups in total. The van der Waals surface area contributed by atoms with Crippen LogP contribution in [0, 0.1) is 0 Å². The third-order valence-electron chi connectivity index (χ3n) is 3.36. The van der Waals surface area contributed by atoms with Gasteiger partial charge in [-0.2, -0.15) is 0 Å². The van der Waals surface area contributed by atoms with Gasteiger partial charge in [-0.1, -0.05) is 13.8 Å². The van der Waals surface area contributed by atoms with Crippen LogP contribution in [0.25, 0.3) is 11.5 Å². The summed E-state index contributed by atoms with van der Waals surface area (Å²) >= 11 is 0. The zero-order valence-electron chi connectivity index (χ0n) is 13.3. The summed E-state index contributed by atoms with van der Waals surface area (Å²) in [6.45, 7) is 4.96. The van der Waals surface area contributed by atoms with Crippen LogP contribution in [0.15, 0.2) is 24.7 Å². The molecule has 0 aromatic carbocycles. The standard InChI is InChI=1S/C14H21N5O2S/c1-11(2)13-15-6-5-12(17-13)14-16-7-8-19(14)10-9-18(3)22(4,20)21/h5-8,11H,9-10H2,1-4H3. The van der Waals surface area contributed by atoms with E-state index in [2.05, 4.69) is 15.0 Å². The van der Waals surface area contributed by atoms with Gasteiger partial charge in [-0.05, 0) is 6.07 Å². The molecule has 0 bridgehead atoms. The summed E-state index contributed by atoms with van der Waals surface area (Å²) < 4.78 is 26.1. The second-order valence-electron chi connectivity index (χ2n) is 5.48. The molecule has 8 heteroatoms. The van der Waals surface area contributed by atoms with Crippen molar-refractivity contribution in [1.82, 2.24) is 23.8 Å². The zero-order chi connectivity index (χ0) is 16.3. The maximum atomic E-state index is 11.4. The smallest absolute Gasteiger partial charge is 0.211 e. The number of rotatable bonds is 6. The summed E-state index contributed by atoms with van der Waals surface area (Å²) in [5.74, 6) is 1.71. The van der Waals surface area contributed by atoms with E-state index in [-0.39, 0.29) is 5.92 Å². The number of hydrogen-bond acceptors (Lipinski definition) is 5. The van der Waals surface area contributed by atoms with Gasteiger partial charge in [-0.25, -0.2) is 27.7 Å². The highest BCUT2D eigenvalue weighted by molar-refractivity contribution is 7.88. The van der Waals surface area contributed by atoms with E-state index < -0.39 is 10.0 Å². The van der Waals surface area contributed by atoms with Crippen LogP contribution in [0.5, 0.6) is 0 Å². The summed E-state index contributed by atoms with van der Waals surface area (Å²) in [7, 11) is -1.61. The lowest BCUT2D eigenvalue weighted by molar-refractivity contribution is 0.450. The third-order valence-corrected chi connectivity index (χ3v) is 4.67. The lowest BCUT2D eigenvalue weighted by Crippen LogP contribution is -2.29. The number of hydrogen-bond donors (Lipinski definition) is 0. The quantitative estimate of drug-likeness (QED) is 0.801. The van der Waals surface area contributed by atoms with E-state index in [9.17, 15) is 8.42 Å². The van der Waals surface area contributed by atoms with Crippen LogP contribution in [-0.2, 0) is 16.6 Å². The van der Waals surface area contributed by atoms with Crippen LogP contribution >= 0.6 is 0 Å². The molecule has 0 spiro atoms. The first kappa shape index (κ1) is 16.6. The molecule has 120 valence electrons. The third kappa shape index (κ3) is 3.89. The minimum atomic E-state index is -3.18. The maximum Gasteiger partial charge on any atom is 0.211 e. The Labute approximate surface area is 131 Å². The molecule has 0 radical (unpaired) electrons. The van der Waals surface area contributed by atoms with Gasteiger partial charge in [-0.15, -0.1) is 0 Å². The van der Waals surface area contributed by atoms with E-state index in [0.717, 1.165) is 11.5 Å². The highest BCUT2D eigenvalue weighted by Crippen LogP contribution is 2.17. The predicted octanol–water partition coefficient (Wildman–Crippen LogP) is 1.35. The van der Waals surface area contributed by atoms with E-state index in [1.807, 2.05) is 30.7 Å².